The Bertz CT molecular complexity index is 656. The van der Waals surface area contributed by atoms with Crippen molar-refractivity contribution in [2.45, 2.75) is 42.8 Å². The van der Waals surface area contributed by atoms with Gasteiger partial charge in [0, 0.05) is 26.2 Å². The molecular weight excluding hydrogens is 328 g/mol. The summed E-state index contributed by atoms with van der Waals surface area (Å²) in [5.74, 6) is 0. The van der Waals surface area contributed by atoms with E-state index in [0.717, 1.165) is 25.1 Å². The van der Waals surface area contributed by atoms with Crippen molar-refractivity contribution >= 4 is 10.0 Å². The van der Waals surface area contributed by atoms with Gasteiger partial charge in [0.25, 0.3) is 0 Å². The van der Waals surface area contributed by atoms with E-state index in [4.69, 9.17) is 4.74 Å². The van der Waals surface area contributed by atoms with Crippen LogP contribution < -0.4 is 0 Å². The van der Waals surface area contributed by atoms with Crippen LogP contribution >= 0.6 is 0 Å². The van der Waals surface area contributed by atoms with Crippen LogP contribution in [0.3, 0.4) is 0 Å². The number of nitrogens with zero attached hydrogens (tertiary/aromatic N) is 2. The molecule has 6 nitrogen and oxygen atoms in total. The van der Waals surface area contributed by atoms with Crippen LogP contribution in [0.2, 0.25) is 0 Å². The molecule has 0 unspecified atom stereocenters. The number of hydrogen-bond acceptors (Lipinski definition) is 5. The molecule has 2 aliphatic rings. The Balaban J connectivity index is 1.74. The first-order chi connectivity index (χ1) is 11.4. The Morgan fingerprint density at radius 3 is 2.42 bits per heavy atom. The van der Waals surface area contributed by atoms with Crippen molar-refractivity contribution in [1.29, 1.82) is 0 Å². The minimum absolute atomic E-state index is 0.00886. The van der Waals surface area contributed by atoms with Crippen LogP contribution in [0.1, 0.15) is 18.4 Å². The molecule has 7 heteroatoms. The van der Waals surface area contributed by atoms with Gasteiger partial charge >= 0.3 is 0 Å². The number of aryl methyl sites for hydroxylation is 1. The smallest absolute Gasteiger partial charge is 0.243 e. The van der Waals surface area contributed by atoms with Gasteiger partial charge in [0.15, 0.2) is 0 Å². The summed E-state index contributed by atoms with van der Waals surface area (Å²) in [5.41, 5.74) is 1.02. The zero-order valence-electron chi connectivity index (χ0n) is 14.3. The summed E-state index contributed by atoms with van der Waals surface area (Å²) in [6.45, 7) is 4.86. The summed E-state index contributed by atoms with van der Waals surface area (Å²) in [5, 5.41) is 10.7. The first kappa shape index (κ1) is 17.8. The third-order valence-electron chi connectivity index (χ3n) is 5.23. The molecule has 1 saturated carbocycles. The van der Waals surface area contributed by atoms with E-state index < -0.39 is 16.1 Å². The number of morpholine rings is 1. The molecule has 1 aliphatic heterocycles. The van der Waals surface area contributed by atoms with Gasteiger partial charge in [-0.1, -0.05) is 17.7 Å². The molecule has 0 bridgehead atoms. The van der Waals surface area contributed by atoms with Crippen molar-refractivity contribution in [3.05, 3.63) is 29.8 Å². The summed E-state index contributed by atoms with van der Waals surface area (Å²) >= 11 is 0. The van der Waals surface area contributed by atoms with Gasteiger partial charge in [-0.25, -0.2) is 8.42 Å². The zero-order chi connectivity index (χ0) is 17.3. The summed E-state index contributed by atoms with van der Waals surface area (Å²) in [6.07, 6.45) is 0.804. The van der Waals surface area contributed by atoms with Crippen LogP contribution in [0.5, 0.6) is 0 Å². The summed E-state index contributed by atoms with van der Waals surface area (Å²) in [4.78, 5) is 2.50. The van der Waals surface area contributed by atoms with Gasteiger partial charge < -0.3 is 9.84 Å². The lowest BCUT2D eigenvalue weighted by molar-refractivity contribution is -0.0194. The maximum absolute atomic E-state index is 12.8. The SMILES string of the molecule is Cc1ccc(S(=O)(=O)N(C)[C@@H]2CC[C@@H](N3CCOCC3)[C@@H]2O)cc1. The van der Waals surface area contributed by atoms with Crippen LogP contribution in [-0.4, -0.2) is 74.3 Å². The van der Waals surface area contributed by atoms with Gasteiger partial charge in [-0.2, -0.15) is 4.31 Å². The molecule has 3 rings (SSSR count). The van der Waals surface area contributed by atoms with E-state index in [1.165, 1.54) is 4.31 Å². The average Bonchev–Trinajstić information content (AvgIpc) is 2.96. The van der Waals surface area contributed by atoms with Crippen LogP contribution in [0, 0.1) is 6.92 Å². The van der Waals surface area contributed by atoms with Crippen molar-refractivity contribution in [1.82, 2.24) is 9.21 Å². The summed E-state index contributed by atoms with van der Waals surface area (Å²) in [6, 6.07) is 6.47. The number of benzene rings is 1. The maximum atomic E-state index is 12.8. The number of aliphatic hydroxyl groups excluding tert-OH is 1. The third kappa shape index (κ3) is 3.36. The fourth-order valence-electron chi connectivity index (χ4n) is 3.70. The fraction of sp³-hybridized carbons (Fsp3) is 0.647. The standard InChI is InChI=1S/C17H26N2O4S/c1-13-3-5-14(6-4-13)24(21,22)18(2)15-7-8-16(17(15)20)19-9-11-23-12-10-19/h3-6,15-17,20H,7-12H2,1-2H3/t15-,16-,17-/m1/s1. The van der Waals surface area contributed by atoms with Crippen LogP contribution in [-0.2, 0) is 14.8 Å². The lowest BCUT2D eigenvalue weighted by atomic mass is 10.1. The normalized spacial score (nSPS) is 29.2. The van der Waals surface area contributed by atoms with Crippen LogP contribution in [0.25, 0.3) is 0 Å². The molecular formula is C17H26N2O4S. The predicted octanol–water partition coefficient (Wildman–Crippen LogP) is 0.840. The Morgan fingerprint density at radius 1 is 1.17 bits per heavy atom. The fourth-order valence-corrected chi connectivity index (χ4v) is 5.10. The molecule has 3 atom stereocenters. The second-order valence-electron chi connectivity index (χ2n) is 6.69. The maximum Gasteiger partial charge on any atom is 0.243 e. The van der Waals surface area contributed by atoms with Crippen molar-refractivity contribution in [3.8, 4) is 0 Å². The van der Waals surface area contributed by atoms with E-state index in [1.807, 2.05) is 6.92 Å². The van der Waals surface area contributed by atoms with Crippen LogP contribution in [0.4, 0.5) is 0 Å². The van der Waals surface area contributed by atoms with Gasteiger partial charge in [0.2, 0.25) is 10.0 Å². The highest BCUT2D eigenvalue weighted by molar-refractivity contribution is 7.89. The Morgan fingerprint density at radius 2 is 1.79 bits per heavy atom. The Kier molecular flexibility index (Phi) is 5.27. The van der Waals surface area contributed by atoms with Gasteiger partial charge in [-0.15, -0.1) is 0 Å². The van der Waals surface area contributed by atoms with E-state index in [0.29, 0.717) is 19.6 Å². The molecule has 1 saturated heterocycles. The average molecular weight is 354 g/mol. The number of ether oxygens (including phenoxy) is 1. The van der Waals surface area contributed by atoms with Crippen molar-refractivity contribution < 1.29 is 18.3 Å². The molecule has 0 spiro atoms. The van der Waals surface area contributed by atoms with E-state index >= 15 is 0 Å². The molecule has 0 amide bonds. The molecule has 1 aromatic carbocycles. The molecule has 0 aromatic heterocycles. The minimum Gasteiger partial charge on any atom is -0.390 e. The van der Waals surface area contributed by atoms with Gasteiger partial charge in [-0.05, 0) is 31.9 Å². The van der Waals surface area contributed by atoms with Crippen molar-refractivity contribution in [3.63, 3.8) is 0 Å². The van der Waals surface area contributed by atoms with Crippen molar-refractivity contribution in [2.24, 2.45) is 0 Å². The number of aliphatic hydroxyl groups is 1. The predicted molar refractivity (Wildman–Crippen MR) is 91.3 cm³/mol. The summed E-state index contributed by atoms with van der Waals surface area (Å²) < 4.78 is 32.4. The van der Waals surface area contributed by atoms with E-state index in [1.54, 1.807) is 31.3 Å². The number of rotatable bonds is 4. The van der Waals surface area contributed by atoms with Crippen molar-refractivity contribution in [2.75, 3.05) is 33.4 Å². The molecule has 1 aromatic rings. The van der Waals surface area contributed by atoms with Crippen LogP contribution in [0.15, 0.2) is 29.2 Å². The monoisotopic (exact) mass is 354 g/mol. The Labute approximate surface area is 144 Å². The molecule has 1 heterocycles. The van der Waals surface area contributed by atoms with E-state index in [2.05, 4.69) is 4.90 Å². The first-order valence-corrected chi connectivity index (χ1v) is 9.90. The molecule has 0 radical (unpaired) electrons. The first-order valence-electron chi connectivity index (χ1n) is 8.46. The van der Waals surface area contributed by atoms with Gasteiger partial charge in [0.1, 0.15) is 0 Å². The Hall–Kier alpha value is -0.990. The molecule has 2 fully saturated rings. The number of hydrogen-bond donors (Lipinski definition) is 1. The molecule has 134 valence electrons. The van der Waals surface area contributed by atoms with Gasteiger partial charge in [0.05, 0.1) is 30.3 Å². The zero-order valence-corrected chi connectivity index (χ0v) is 15.1. The highest BCUT2D eigenvalue weighted by Crippen LogP contribution is 2.31. The minimum atomic E-state index is -3.60. The third-order valence-corrected chi connectivity index (χ3v) is 7.12. The highest BCUT2D eigenvalue weighted by atomic mass is 32.2. The van der Waals surface area contributed by atoms with E-state index in [-0.39, 0.29) is 17.0 Å². The number of sulfonamides is 1. The molecule has 1 N–H and O–H groups in total. The molecule has 24 heavy (non-hydrogen) atoms. The van der Waals surface area contributed by atoms with E-state index in [9.17, 15) is 13.5 Å². The lowest BCUT2D eigenvalue weighted by Gasteiger charge is -2.35. The quantitative estimate of drug-likeness (QED) is 0.868. The molecule has 1 aliphatic carbocycles. The topological polar surface area (TPSA) is 70.1 Å². The van der Waals surface area contributed by atoms with Gasteiger partial charge in [-0.3, -0.25) is 4.90 Å². The second-order valence-corrected chi connectivity index (χ2v) is 8.68. The second kappa shape index (κ2) is 7.09. The lowest BCUT2D eigenvalue weighted by Crippen LogP contribution is -2.51. The number of likely N-dealkylation sites (N-methyl/N-ethyl adjacent to an activating group) is 1. The summed E-state index contributed by atoms with van der Waals surface area (Å²) in [7, 11) is -2.02. The largest absolute Gasteiger partial charge is 0.390 e. The highest BCUT2D eigenvalue weighted by Gasteiger charge is 2.43.